The molecular weight excluding hydrogens is 449 g/mol. The van der Waals surface area contributed by atoms with Crippen LogP contribution in [0.25, 0.3) is 0 Å². The van der Waals surface area contributed by atoms with Crippen molar-refractivity contribution in [2.24, 2.45) is 5.73 Å². The number of hydrogen-bond donors (Lipinski definition) is 3. The molecule has 0 spiro atoms. The van der Waals surface area contributed by atoms with Gasteiger partial charge in [0.05, 0.1) is 12.3 Å². The Bertz CT molecular complexity index is 722. The minimum atomic E-state index is -1.14. The van der Waals surface area contributed by atoms with Gasteiger partial charge in [-0.1, -0.05) is 25.0 Å². The van der Waals surface area contributed by atoms with E-state index in [2.05, 4.69) is 5.32 Å². The maximum absolute atomic E-state index is 13.1. The van der Waals surface area contributed by atoms with Crippen LogP contribution in [0.15, 0.2) is 24.3 Å². The third-order valence-corrected chi connectivity index (χ3v) is 4.59. The van der Waals surface area contributed by atoms with Crippen molar-refractivity contribution in [3.63, 3.8) is 0 Å². The number of esters is 1. The van der Waals surface area contributed by atoms with Crippen LogP contribution >= 0.6 is 24.8 Å². The zero-order valence-electron chi connectivity index (χ0n) is 17.5. The van der Waals surface area contributed by atoms with Gasteiger partial charge < -0.3 is 20.3 Å². The van der Waals surface area contributed by atoms with Crippen LogP contribution in [0.2, 0.25) is 0 Å². The minimum Gasteiger partial charge on any atom is -0.489 e. The topological polar surface area (TPSA) is 131 Å². The normalized spacial score (nSPS) is 16.0. The predicted octanol–water partition coefficient (Wildman–Crippen LogP) is 1.75. The second kappa shape index (κ2) is 14.9. The maximum Gasteiger partial charge on any atom is 0.323 e. The Balaban J connectivity index is 0.00000450. The average molecular weight is 480 g/mol. The lowest BCUT2D eigenvalue weighted by molar-refractivity contribution is -0.146. The zero-order chi connectivity index (χ0) is 21.2. The lowest BCUT2D eigenvalue weighted by atomic mass is 10.1. The first-order valence-corrected chi connectivity index (χ1v) is 9.85. The summed E-state index contributed by atoms with van der Waals surface area (Å²) in [6.45, 7) is 2.00. The Morgan fingerprint density at radius 2 is 2.00 bits per heavy atom. The van der Waals surface area contributed by atoms with Crippen molar-refractivity contribution in [1.29, 1.82) is 0 Å². The summed E-state index contributed by atoms with van der Waals surface area (Å²) in [4.78, 5) is 38.0. The molecule has 1 aromatic rings. The fraction of sp³-hybridized carbons (Fsp3) is 0.550. The monoisotopic (exact) mass is 479 g/mol. The molecule has 0 unspecified atom stereocenters. The number of halogens is 2. The highest BCUT2D eigenvalue weighted by Crippen LogP contribution is 2.31. The molecular formula is C20H31Cl2N3O6. The van der Waals surface area contributed by atoms with E-state index in [1.54, 1.807) is 31.2 Å². The SMILES string of the molecule is CCOC(=O)[C@H](CCCCCN)N[C@H]1COc2ccccc2N(CC(=O)O)C1=O.Cl.Cl. The first kappa shape index (κ1) is 28.9. The largest absolute Gasteiger partial charge is 0.489 e. The molecule has 1 aliphatic heterocycles. The van der Waals surface area contributed by atoms with Gasteiger partial charge in [0.25, 0.3) is 0 Å². The first-order valence-electron chi connectivity index (χ1n) is 9.85. The van der Waals surface area contributed by atoms with E-state index in [4.69, 9.17) is 15.2 Å². The molecule has 0 radical (unpaired) electrons. The van der Waals surface area contributed by atoms with Crippen molar-refractivity contribution in [1.82, 2.24) is 5.32 Å². The van der Waals surface area contributed by atoms with Crippen molar-refractivity contribution in [2.45, 2.75) is 44.7 Å². The van der Waals surface area contributed by atoms with Gasteiger partial charge in [0, 0.05) is 0 Å². The fourth-order valence-corrected chi connectivity index (χ4v) is 3.20. The van der Waals surface area contributed by atoms with Gasteiger partial charge in [-0.15, -0.1) is 24.8 Å². The number of rotatable bonds is 11. The number of nitrogens with two attached hydrogens (primary N) is 1. The number of fused-ring (bicyclic) bond motifs is 1. The van der Waals surface area contributed by atoms with Gasteiger partial charge in [0.1, 0.15) is 31.0 Å². The predicted molar refractivity (Wildman–Crippen MR) is 121 cm³/mol. The molecule has 4 N–H and O–H groups in total. The number of hydrogen-bond acceptors (Lipinski definition) is 7. The van der Waals surface area contributed by atoms with Crippen molar-refractivity contribution in [3.8, 4) is 5.75 Å². The summed E-state index contributed by atoms with van der Waals surface area (Å²) in [6.07, 6.45) is 2.94. The van der Waals surface area contributed by atoms with Crippen LogP contribution < -0.4 is 20.7 Å². The summed E-state index contributed by atoms with van der Waals surface area (Å²) in [6, 6.07) is 5.18. The molecule has 0 saturated carbocycles. The number of carboxylic acid groups (broad SMARTS) is 1. The fourth-order valence-electron chi connectivity index (χ4n) is 3.20. The molecule has 2 rings (SSSR count). The summed E-state index contributed by atoms with van der Waals surface area (Å²) in [5, 5.41) is 12.3. The standard InChI is InChI=1S/C20H29N3O6.2ClH/c1-2-28-20(27)14(8-4-3-7-11-21)22-15-13-29-17-10-6-5-9-16(17)23(19(15)26)12-18(24)25;;/h5-6,9-10,14-15,22H,2-4,7-8,11-13,21H2,1H3,(H,24,25);2*1H/t14-,15-;;/m0../s1. The highest BCUT2D eigenvalue weighted by Gasteiger charge is 2.35. The quantitative estimate of drug-likeness (QED) is 0.323. The van der Waals surface area contributed by atoms with Crippen LogP contribution in [0, 0.1) is 0 Å². The molecule has 31 heavy (non-hydrogen) atoms. The van der Waals surface area contributed by atoms with E-state index < -0.39 is 36.5 Å². The third-order valence-electron chi connectivity index (χ3n) is 4.59. The summed E-state index contributed by atoms with van der Waals surface area (Å²) >= 11 is 0. The van der Waals surface area contributed by atoms with Crippen molar-refractivity contribution < 1.29 is 29.0 Å². The van der Waals surface area contributed by atoms with Gasteiger partial charge in [0.15, 0.2) is 0 Å². The van der Waals surface area contributed by atoms with Crippen LogP contribution in [0.3, 0.4) is 0 Å². The van der Waals surface area contributed by atoms with Gasteiger partial charge in [0.2, 0.25) is 5.91 Å². The molecule has 0 aromatic heterocycles. The molecule has 1 aromatic carbocycles. The highest BCUT2D eigenvalue weighted by molar-refractivity contribution is 6.02. The summed E-state index contributed by atoms with van der Waals surface area (Å²) < 4.78 is 10.9. The summed E-state index contributed by atoms with van der Waals surface area (Å²) in [7, 11) is 0. The van der Waals surface area contributed by atoms with Crippen LogP contribution in [-0.4, -0.2) is 61.3 Å². The number of amides is 1. The Kier molecular flexibility index (Phi) is 13.9. The zero-order valence-corrected chi connectivity index (χ0v) is 19.1. The minimum absolute atomic E-state index is 0. The molecule has 0 aliphatic carbocycles. The number of carbonyl (C=O) groups is 3. The second-order valence-electron chi connectivity index (χ2n) is 6.76. The molecule has 1 amide bonds. The third kappa shape index (κ3) is 8.53. The van der Waals surface area contributed by atoms with E-state index in [9.17, 15) is 19.5 Å². The number of aliphatic carboxylic acids is 1. The number of carboxylic acids is 1. The van der Waals surface area contributed by atoms with E-state index in [-0.39, 0.29) is 38.0 Å². The molecule has 11 heteroatoms. The maximum atomic E-state index is 13.1. The molecule has 0 saturated heterocycles. The first-order chi connectivity index (χ1) is 14.0. The number of benzene rings is 1. The molecule has 1 aliphatic rings. The van der Waals surface area contributed by atoms with Crippen LogP contribution in [-0.2, 0) is 19.1 Å². The number of carbonyl (C=O) groups excluding carboxylic acids is 2. The summed E-state index contributed by atoms with van der Waals surface area (Å²) in [5.74, 6) is -1.63. The van der Waals surface area contributed by atoms with E-state index in [0.29, 0.717) is 24.4 Å². The van der Waals surface area contributed by atoms with Crippen molar-refractivity contribution in [3.05, 3.63) is 24.3 Å². The highest BCUT2D eigenvalue weighted by atomic mass is 35.5. The van der Waals surface area contributed by atoms with E-state index in [1.807, 2.05) is 0 Å². The Morgan fingerprint density at radius 3 is 2.65 bits per heavy atom. The number of nitrogens with one attached hydrogen (secondary N) is 1. The molecule has 176 valence electrons. The number of para-hydroxylation sites is 2. The van der Waals surface area contributed by atoms with E-state index in [0.717, 1.165) is 19.3 Å². The molecule has 0 bridgehead atoms. The van der Waals surface area contributed by atoms with Gasteiger partial charge in [-0.25, -0.2) is 0 Å². The lowest BCUT2D eigenvalue weighted by Crippen LogP contribution is -2.54. The van der Waals surface area contributed by atoms with Crippen LogP contribution in [0.5, 0.6) is 5.75 Å². The van der Waals surface area contributed by atoms with Crippen LogP contribution in [0.1, 0.15) is 32.6 Å². The lowest BCUT2D eigenvalue weighted by Gasteiger charge is -2.26. The van der Waals surface area contributed by atoms with Gasteiger partial charge in [-0.2, -0.15) is 0 Å². The number of nitrogens with zero attached hydrogens (tertiary/aromatic N) is 1. The molecule has 0 fully saturated rings. The van der Waals surface area contributed by atoms with Gasteiger partial charge in [-0.3, -0.25) is 24.6 Å². The molecule has 2 atom stereocenters. The molecule has 1 heterocycles. The second-order valence-corrected chi connectivity index (χ2v) is 6.76. The van der Waals surface area contributed by atoms with E-state index in [1.165, 1.54) is 4.90 Å². The van der Waals surface area contributed by atoms with Gasteiger partial charge >= 0.3 is 11.9 Å². The Morgan fingerprint density at radius 1 is 1.29 bits per heavy atom. The van der Waals surface area contributed by atoms with Crippen LogP contribution in [0.4, 0.5) is 5.69 Å². The smallest absolute Gasteiger partial charge is 0.323 e. The number of anilines is 1. The summed E-state index contributed by atoms with van der Waals surface area (Å²) in [5.41, 5.74) is 5.90. The Labute approximate surface area is 194 Å². The van der Waals surface area contributed by atoms with E-state index >= 15 is 0 Å². The van der Waals surface area contributed by atoms with Crippen molar-refractivity contribution in [2.75, 3.05) is 31.2 Å². The van der Waals surface area contributed by atoms with Gasteiger partial charge in [-0.05, 0) is 38.4 Å². The molecule has 9 nitrogen and oxygen atoms in total. The van der Waals surface area contributed by atoms with Crippen molar-refractivity contribution >= 4 is 48.3 Å². The Hall–Kier alpha value is -2.07. The average Bonchev–Trinajstić information content (AvgIpc) is 2.82. The number of ether oxygens (including phenoxy) is 2. The number of unbranched alkanes of at least 4 members (excludes halogenated alkanes) is 2.